The van der Waals surface area contributed by atoms with E-state index in [-0.39, 0.29) is 11.5 Å². The predicted molar refractivity (Wildman–Crippen MR) is 73.0 cm³/mol. The molecule has 0 radical (unpaired) electrons. The van der Waals surface area contributed by atoms with Crippen LogP contribution in [0, 0.1) is 5.41 Å². The van der Waals surface area contributed by atoms with Crippen LogP contribution in [0.25, 0.3) is 5.52 Å². The average molecular weight is 298 g/mol. The summed E-state index contributed by atoms with van der Waals surface area (Å²) in [5.41, 5.74) is -0.432. The molecule has 0 saturated heterocycles. The number of hydrogen-bond acceptors (Lipinski definition) is 3. The van der Waals surface area contributed by atoms with Gasteiger partial charge in [0, 0.05) is 24.5 Å². The largest absolute Gasteiger partial charge is 0.435 e. The number of fused-ring (bicyclic) bond motifs is 1. The molecule has 7 heteroatoms. The highest BCUT2D eigenvalue weighted by molar-refractivity contribution is 5.68. The number of hydrogen-bond donors (Lipinski definition) is 1. The highest BCUT2D eigenvalue weighted by Crippen LogP contribution is 2.39. The molecule has 1 unspecified atom stereocenters. The predicted octanol–water partition coefficient (Wildman–Crippen LogP) is 3.74. The summed E-state index contributed by atoms with van der Waals surface area (Å²) in [6.07, 6.45) is 1.65. The van der Waals surface area contributed by atoms with E-state index in [4.69, 9.17) is 0 Å². The summed E-state index contributed by atoms with van der Waals surface area (Å²) in [4.78, 5) is 4.19. The van der Waals surface area contributed by atoms with Crippen molar-refractivity contribution >= 4 is 11.3 Å². The van der Waals surface area contributed by atoms with Crippen LogP contribution in [0.5, 0.6) is 0 Å². The van der Waals surface area contributed by atoms with E-state index in [0.29, 0.717) is 11.3 Å². The van der Waals surface area contributed by atoms with Crippen molar-refractivity contribution in [3.05, 3.63) is 24.2 Å². The summed E-state index contributed by atoms with van der Waals surface area (Å²) >= 11 is 0. The Kier molecular flexibility index (Phi) is 3.11. The second kappa shape index (κ2) is 4.61. The zero-order valence-electron chi connectivity index (χ0n) is 11.9. The zero-order chi connectivity index (χ0) is 15.3. The second-order valence-electron chi connectivity index (χ2n) is 6.21. The van der Waals surface area contributed by atoms with E-state index in [9.17, 15) is 13.2 Å². The molecular formula is C14H17F3N4. The van der Waals surface area contributed by atoms with Crippen LogP contribution in [0.4, 0.5) is 19.0 Å². The molecular weight excluding hydrogens is 281 g/mol. The third-order valence-electron chi connectivity index (χ3n) is 4.25. The van der Waals surface area contributed by atoms with Crippen LogP contribution in [0.3, 0.4) is 0 Å². The van der Waals surface area contributed by atoms with E-state index < -0.39 is 11.9 Å². The van der Waals surface area contributed by atoms with Gasteiger partial charge in [-0.05, 0) is 18.3 Å². The Bertz CT molecular complexity index is 660. The van der Waals surface area contributed by atoms with Gasteiger partial charge >= 0.3 is 6.18 Å². The number of rotatable bonds is 2. The SMILES string of the molecule is CC1(C)CCCC1Nc1nccn2nc(C(F)(F)F)cc12. The fourth-order valence-corrected chi connectivity index (χ4v) is 2.93. The number of anilines is 1. The Hall–Kier alpha value is -1.79. The number of alkyl halides is 3. The molecule has 2 aromatic rings. The lowest BCUT2D eigenvalue weighted by Crippen LogP contribution is -2.31. The van der Waals surface area contributed by atoms with Gasteiger partial charge < -0.3 is 5.32 Å². The molecule has 0 aromatic carbocycles. The molecule has 0 spiro atoms. The fraction of sp³-hybridized carbons (Fsp3) is 0.571. The molecule has 1 N–H and O–H groups in total. The Morgan fingerprint density at radius 2 is 2.14 bits per heavy atom. The van der Waals surface area contributed by atoms with Gasteiger partial charge in [0.25, 0.3) is 0 Å². The molecule has 2 heterocycles. The summed E-state index contributed by atoms with van der Waals surface area (Å²) in [6, 6.07) is 1.25. The van der Waals surface area contributed by atoms with Gasteiger partial charge in [-0.3, -0.25) is 0 Å². The van der Waals surface area contributed by atoms with Gasteiger partial charge in [0.1, 0.15) is 5.52 Å². The molecule has 114 valence electrons. The fourth-order valence-electron chi connectivity index (χ4n) is 2.93. The molecule has 3 rings (SSSR count). The Morgan fingerprint density at radius 1 is 1.38 bits per heavy atom. The molecule has 0 aliphatic heterocycles. The third kappa shape index (κ3) is 2.56. The van der Waals surface area contributed by atoms with Crippen molar-refractivity contribution < 1.29 is 13.2 Å². The first kappa shape index (κ1) is 14.2. The van der Waals surface area contributed by atoms with Gasteiger partial charge in [-0.15, -0.1) is 0 Å². The summed E-state index contributed by atoms with van der Waals surface area (Å²) in [5, 5.41) is 6.87. The van der Waals surface area contributed by atoms with Crippen molar-refractivity contribution in [1.82, 2.24) is 14.6 Å². The zero-order valence-corrected chi connectivity index (χ0v) is 11.9. The van der Waals surface area contributed by atoms with Crippen LogP contribution in [-0.2, 0) is 6.18 Å². The van der Waals surface area contributed by atoms with Gasteiger partial charge in [0.2, 0.25) is 0 Å². The number of nitrogens with zero attached hydrogens (tertiary/aromatic N) is 3. The summed E-state index contributed by atoms with van der Waals surface area (Å²) < 4.78 is 39.5. The van der Waals surface area contributed by atoms with Crippen LogP contribution < -0.4 is 5.32 Å². The van der Waals surface area contributed by atoms with Crippen LogP contribution in [0.1, 0.15) is 38.8 Å². The van der Waals surface area contributed by atoms with Crippen molar-refractivity contribution in [3.63, 3.8) is 0 Å². The van der Waals surface area contributed by atoms with Crippen LogP contribution >= 0.6 is 0 Å². The number of nitrogens with one attached hydrogen (secondary N) is 1. The maximum absolute atomic E-state index is 12.8. The van der Waals surface area contributed by atoms with Crippen molar-refractivity contribution in [2.75, 3.05) is 5.32 Å². The number of aromatic nitrogens is 3. The minimum absolute atomic E-state index is 0.112. The molecule has 21 heavy (non-hydrogen) atoms. The topological polar surface area (TPSA) is 42.2 Å². The van der Waals surface area contributed by atoms with E-state index in [2.05, 4.69) is 29.2 Å². The van der Waals surface area contributed by atoms with Gasteiger partial charge in [-0.25, -0.2) is 9.50 Å². The van der Waals surface area contributed by atoms with E-state index in [0.717, 1.165) is 25.3 Å². The summed E-state index contributed by atoms with van der Waals surface area (Å²) in [6.45, 7) is 4.32. The lowest BCUT2D eigenvalue weighted by molar-refractivity contribution is -0.141. The van der Waals surface area contributed by atoms with E-state index in [1.54, 1.807) is 0 Å². The van der Waals surface area contributed by atoms with E-state index in [1.807, 2.05) is 0 Å². The lowest BCUT2D eigenvalue weighted by Gasteiger charge is -2.28. The van der Waals surface area contributed by atoms with E-state index in [1.165, 1.54) is 16.9 Å². The molecule has 0 bridgehead atoms. The standard InChI is InChI=1S/C14H17F3N4/c1-13(2)5-3-4-10(13)19-12-9-8-11(14(15,16)17)20-21(9)7-6-18-12/h6-8,10H,3-5H2,1-2H3,(H,18,19). The molecule has 4 nitrogen and oxygen atoms in total. The molecule has 1 atom stereocenters. The van der Waals surface area contributed by atoms with Gasteiger partial charge in [-0.2, -0.15) is 18.3 Å². The smallest absolute Gasteiger partial charge is 0.365 e. The Balaban J connectivity index is 1.97. The van der Waals surface area contributed by atoms with Crippen LogP contribution in [0.2, 0.25) is 0 Å². The highest BCUT2D eigenvalue weighted by atomic mass is 19.4. The van der Waals surface area contributed by atoms with Gasteiger partial charge in [0.15, 0.2) is 11.5 Å². The maximum Gasteiger partial charge on any atom is 0.435 e. The minimum Gasteiger partial charge on any atom is -0.365 e. The van der Waals surface area contributed by atoms with Crippen molar-refractivity contribution in [3.8, 4) is 0 Å². The Labute approximate surface area is 120 Å². The van der Waals surface area contributed by atoms with Crippen molar-refractivity contribution in [1.29, 1.82) is 0 Å². The van der Waals surface area contributed by atoms with Gasteiger partial charge in [-0.1, -0.05) is 20.3 Å². The van der Waals surface area contributed by atoms with E-state index >= 15 is 0 Å². The third-order valence-corrected chi connectivity index (χ3v) is 4.25. The maximum atomic E-state index is 12.8. The Morgan fingerprint density at radius 3 is 2.76 bits per heavy atom. The quantitative estimate of drug-likeness (QED) is 0.918. The average Bonchev–Trinajstić information content (AvgIpc) is 2.94. The molecule has 2 aromatic heterocycles. The molecule has 1 saturated carbocycles. The first-order chi connectivity index (χ1) is 9.77. The molecule has 1 fully saturated rings. The first-order valence-corrected chi connectivity index (χ1v) is 6.95. The normalized spacial score (nSPS) is 21.9. The second-order valence-corrected chi connectivity index (χ2v) is 6.21. The molecule has 0 amide bonds. The highest BCUT2D eigenvalue weighted by Gasteiger charge is 2.36. The number of halogens is 3. The first-order valence-electron chi connectivity index (χ1n) is 6.95. The lowest BCUT2D eigenvalue weighted by atomic mass is 9.87. The summed E-state index contributed by atoms with van der Waals surface area (Å²) in [5.74, 6) is 0.459. The van der Waals surface area contributed by atoms with Crippen molar-refractivity contribution in [2.24, 2.45) is 5.41 Å². The minimum atomic E-state index is -4.45. The van der Waals surface area contributed by atoms with Crippen molar-refractivity contribution in [2.45, 2.75) is 45.3 Å². The van der Waals surface area contributed by atoms with Crippen LogP contribution in [-0.4, -0.2) is 20.6 Å². The molecule has 1 aliphatic carbocycles. The van der Waals surface area contributed by atoms with Gasteiger partial charge in [0.05, 0.1) is 0 Å². The van der Waals surface area contributed by atoms with Crippen LogP contribution in [0.15, 0.2) is 18.5 Å². The monoisotopic (exact) mass is 298 g/mol. The molecule has 1 aliphatic rings. The summed E-state index contributed by atoms with van der Waals surface area (Å²) in [7, 11) is 0.